The summed E-state index contributed by atoms with van der Waals surface area (Å²) in [6.07, 6.45) is 2.93. The molecule has 0 aliphatic carbocycles. The number of aliphatic carboxylic acids is 1. The minimum absolute atomic E-state index is 0.264. The molecule has 1 aromatic rings. The van der Waals surface area contributed by atoms with E-state index in [2.05, 4.69) is 5.32 Å². The summed E-state index contributed by atoms with van der Waals surface area (Å²) in [6, 6.07) is 7.36. The van der Waals surface area contributed by atoms with Gasteiger partial charge < -0.3 is 15.2 Å². The molecule has 0 aromatic heterocycles. The Labute approximate surface area is 93.5 Å². The van der Waals surface area contributed by atoms with Crippen LogP contribution < -0.4 is 10.1 Å². The highest BCUT2D eigenvalue weighted by Gasteiger charge is 2.17. The molecule has 4 heteroatoms. The highest BCUT2D eigenvalue weighted by molar-refractivity contribution is 5.85. The fourth-order valence-corrected chi connectivity index (χ4v) is 1.36. The zero-order valence-corrected chi connectivity index (χ0v) is 8.72. The van der Waals surface area contributed by atoms with E-state index in [-0.39, 0.29) is 6.10 Å². The molecule has 2 N–H and O–H groups in total. The molecule has 84 valence electrons. The second-order valence-corrected chi connectivity index (χ2v) is 3.64. The third-order valence-electron chi connectivity index (χ3n) is 2.35. The van der Waals surface area contributed by atoms with Gasteiger partial charge in [0.15, 0.2) is 0 Å². The quantitative estimate of drug-likeness (QED) is 0.745. The smallest absolute Gasteiger partial charge is 0.328 e. The lowest BCUT2D eigenvalue weighted by Gasteiger charge is -2.27. The van der Waals surface area contributed by atoms with E-state index in [1.165, 1.54) is 0 Å². The maximum Gasteiger partial charge on any atom is 0.328 e. The normalized spacial score (nSPS) is 16.0. The second kappa shape index (κ2) is 4.81. The van der Waals surface area contributed by atoms with Crippen molar-refractivity contribution >= 4 is 12.0 Å². The Morgan fingerprint density at radius 2 is 2.06 bits per heavy atom. The molecule has 0 unspecified atom stereocenters. The van der Waals surface area contributed by atoms with Gasteiger partial charge >= 0.3 is 5.97 Å². The van der Waals surface area contributed by atoms with Crippen LogP contribution in [0.25, 0.3) is 6.08 Å². The van der Waals surface area contributed by atoms with E-state index >= 15 is 0 Å². The zero-order chi connectivity index (χ0) is 11.4. The zero-order valence-electron chi connectivity index (χ0n) is 8.72. The van der Waals surface area contributed by atoms with Crippen LogP contribution in [0.1, 0.15) is 5.56 Å². The lowest BCUT2D eigenvalue weighted by Crippen LogP contribution is -2.50. The minimum Gasteiger partial charge on any atom is -0.488 e. The van der Waals surface area contributed by atoms with Gasteiger partial charge in [0.2, 0.25) is 0 Å². The molecule has 1 fully saturated rings. The molecule has 0 bridgehead atoms. The molecule has 0 saturated carbocycles. The van der Waals surface area contributed by atoms with Gasteiger partial charge in [-0.1, -0.05) is 12.1 Å². The van der Waals surface area contributed by atoms with E-state index in [4.69, 9.17) is 9.84 Å². The molecule has 0 atom stereocenters. The number of nitrogens with one attached hydrogen (secondary N) is 1. The predicted molar refractivity (Wildman–Crippen MR) is 60.4 cm³/mol. The van der Waals surface area contributed by atoms with Gasteiger partial charge in [0, 0.05) is 19.2 Å². The third kappa shape index (κ3) is 2.84. The van der Waals surface area contributed by atoms with Gasteiger partial charge in [0.25, 0.3) is 0 Å². The van der Waals surface area contributed by atoms with Crippen LogP contribution in [0.2, 0.25) is 0 Å². The van der Waals surface area contributed by atoms with Crippen LogP contribution in [-0.4, -0.2) is 30.3 Å². The van der Waals surface area contributed by atoms with Crippen LogP contribution in [0.5, 0.6) is 5.75 Å². The van der Waals surface area contributed by atoms with Gasteiger partial charge in [-0.05, 0) is 23.8 Å². The summed E-state index contributed by atoms with van der Waals surface area (Å²) in [6.45, 7) is 1.78. The van der Waals surface area contributed by atoms with Crippen molar-refractivity contribution in [2.24, 2.45) is 0 Å². The number of hydrogen-bond donors (Lipinski definition) is 2. The van der Waals surface area contributed by atoms with Gasteiger partial charge in [-0.2, -0.15) is 0 Å². The Morgan fingerprint density at radius 1 is 1.38 bits per heavy atom. The molecule has 1 aliphatic rings. The molecule has 1 saturated heterocycles. The number of ether oxygens (including phenoxy) is 1. The molecule has 0 radical (unpaired) electrons. The van der Waals surface area contributed by atoms with Gasteiger partial charge in [-0.15, -0.1) is 0 Å². The lowest BCUT2D eigenvalue weighted by atomic mass is 10.2. The SMILES string of the molecule is O=C(O)C=Cc1ccc(OC2CNC2)cc1. The molecular weight excluding hydrogens is 206 g/mol. The standard InChI is InChI=1S/C12H13NO3/c14-12(15)6-3-9-1-4-10(5-2-9)16-11-7-13-8-11/h1-6,11,13H,7-8H2,(H,14,15). The van der Waals surface area contributed by atoms with Gasteiger partial charge in [-0.3, -0.25) is 0 Å². The van der Waals surface area contributed by atoms with Crippen molar-refractivity contribution in [3.63, 3.8) is 0 Å². The molecule has 0 spiro atoms. The number of carboxylic acid groups (broad SMARTS) is 1. The number of hydrogen-bond acceptors (Lipinski definition) is 3. The van der Waals surface area contributed by atoms with Crippen LogP contribution in [-0.2, 0) is 4.79 Å². The van der Waals surface area contributed by atoms with E-state index in [1.54, 1.807) is 6.08 Å². The van der Waals surface area contributed by atoms with Crippen LogP contribution in [0.15, 0.2) is 30.3 Å². The van der Waals surface area contributed by atoms with Crippen molar-refractivity contribution in [3.8, 4) is 5.75 Å². The van der Waals surface area contributed by atoms with Crippen molar-refractivity contribution in [2.45, 2.75) is 6.10 Å². The molecular formula is C12H13NO3. The maximum atomic E-state index is 10.3. The summed E-state index contributed by atoms with van der Waals surface area (Å²) in [4.78, 5) is 10.3. The van der Waals surface area contributed by atoms with Crippen molar-refractivity contribution in [1.29, 1.82) is 0 Å². The first kappa shape index (κ1) is 10.7. The molecule has 2 rings (SSSR count). The Bertz CT molecular complexity index is 393. The number of rotatable bonds is 4. The van der Waals surface area contributed by atoms with Crippen molar-refractivity contribution in [2.75, 3.05) is 13.1 Å². The molecule has 16 heavy (non-hydrogen) atoms. The summed E-state index contributed by atoms with van der Waals surface area (Å²) in [5, 5.41) is 11.6. The molecule has 1 aliphatic heterocycles. The second-order valence-electron chi connectivity index (χ2n) is 3.64. The Hall–Kier alpha value is -1.81. The van der Waals surface area contributed by atoms with Crippen molar-refractivity contribution in [3.05, 3.63) is 35.9 Å². The molecule has 1 aromatic carbocycles. The third-order valence-corrected chi connectivity index (χ3v) is 2.35. The van der Waals surface area contributed by atoms with Crippen LogP contribution in [0.3, 0.4) is 0 Å². The molecule has 0 amide bonds. The Morgan fingerprint density at radius 3 is 2.56 bits per heavy atom. The maximum absolute atomic E-state index is 10.3. The highest BCUT2D eigenvalue weighted by atomic mass is 16.5. The van der Waals surface area contributed by atoms with Crippen molar-refractivity contribution in [1.82, 2.24) is 5.32 Å². The van der Waals surface area contributed by atoms with Gasteiger partial charge in [-0.25, -0.2) is 4.79 Å². The predicted octanol–water partition coefficient (Wildman–Crippen LogP) is 1.14. The fourth-order valence-electron chi connectivity index (χ4n) is 1.36. The number of carbonyl (C=O) groups is 1. The van der Waals surface area contributed by atoms with E-state index < -0.39 is 5.97 Å². The van der Waals surface area contributed by atoms with E-state index in [9.17, 15) is 4.79 Å². The Balaban J connectivity index is 1.95. The summed E-state index contributed by atoms with van der Waals surface area (Å²) < 4.78 is 5.63. The van der Waals surface area contributed by atoms with Crippen LogP contribution in [0.4, 0.5) is 0 Å². The summed E-state index contributed by atoms with van der Waals surface area (Å²) in [5.74, 6) is -0.125. The van der Waals surface area contributed by atoms with Crippen LogP contribution in [0, 0.1) is 0 Å². The minimum atomic E-state index is -0.944. The van der Waals surface area contributed by atoms with Crippen LogP contribution >= 0.6 is 0 Å². The van der Waals surface area contributed by atoms with Gasteiger partial charge in [0.05, 0.1) is 0 Å². The topological polar surface area (TPSA) is 58.6 Å². The fraction of sp³-hybridized carbons (Fsp3) is 0.250. The lowest BCUT2D eigenvalue weighted by molar-refractivity contribution is -0.131. The highest BCUT2D eigenvalue weighted by Crippen LogP contribution is 2.15. The van der Waals surface area contributed by atoms with E-state index in [0.717, 1.165) is 30.5 Å². The monoisotopic (exact) mass is 219 g/mol. The van der Waals surface area contributed by atoms with Crippen molar-refractivity contribution < 1.29 is 14.6 Å². The van der Waals surface area contributed by atoms with E-state index in [1.807, 2.05) is 24.3 Å². The average Bonchev–Trinajstić information content (AvgIpc) is 2.22. The average molecular weight is 219 g/mol. The number of benzene rings is 1. The first-order valence-electron chi connectivity index (χ1n) is 5.12. The number of carboxylic acids is 1. The summed E-state index contributed by atoms with van der Waals surface area (Å²) in [5.41, 5.74) is 0.849. The first-order chi connectivity index (χ1) is 7.74. The summed E-state index contributed by atoms with van der Waals surface area (Å²) in [7, 11) is 0. The first-order valence-corrected chi connectivity index (χ1v) is 5.12. The molecule has 4 nitrogen and oxygen atoms in total. The largest absolute Gasteiger partial charge is 0.488 e. The van der Waals surface area contributed by atoms with E-state index in [0.29, 0.717) is 0 Å². The summed E-state index contributed by atoms with van der Waals surface area (Å²) >= 11 is 0. The van der Waals surface area contributed by atoms with Gasteiger partial charge in [0.1, 0.15) is 11.9 Å². The molecule has 1 heterocycles. The Kier molecular flexibility index (Phi) is 3.22.